The van der Waals surface area contributed by atoms with Gasteiger partial charge in [0.25, 0.3) is 5.91 Å². The third-order valence-electron chi connectivity index (χ3n) is 3.01. The van der Waals surface area contributed by atoms with Crippen LogP contribution in [-0.4, -0.2) is 16.8 Å². The molecule has 0 saturated carbocycles. The molecule has 3 rings (SSSR count). The number of carbonyl (C=O) groups excluding carboxylic acids is 2. The van der Waals surface area contributed by atoms with E-state index < -0.39 is 17.6 Å². The van der Waals surface area contributed by atoms with Gasteiger partial charge in [0, 0.05) is 5.38 Å². The molecule has 8 heteroatoms. The summed E-state index contributed by atoms with van der Waals surface area (Å²) in [5, 5.41) is 7.06. The van der Waals surface area contributed by atoms with Gasteiger partial charge in [-0.05, 0) is 24.3 Å². The van der Waals surface area contributed by atoms with Gasteiger partial charge in [-0.1, -0.05) is 12.1 Å². The molecule has 0 saturated heterocycles. The Labute approximate surface area is 140 Å². The molecule has 0 spiro atoms. The highest BCUT2D eigenvalue weighted by molar-refractivity contribution is 7.14. The summed E-state index contributed by atoms with van der Waals surface area (Å²) >= 11 is 1.19. The van der Waals surface area contributed by atoms with Crippen LogP contribution in [0, 0.1) is 5.82 Å². The molecule has 2 N–H and O–H groups in total. The van der Waals surface area contributed by atoms with E-state index in [1.54, 1.807) is 23.6 Å². The Morgan fingerprint density at radius 3 is 2.75 bits per heavy atom. The Balaban J connectivity index is 1.58. The second-order valence-corrected chi connectivity index (χ2v) is 5.64. The number of nitrogens with zero attached hydrogens (tertiary/aromatic N) is 1. The maximum atomic E-state index is 13.5. The van der Waals surface area contributed by atoms with E-state index in [0.717, 1.165) is 0 Å². The smallest absolute Gasteiger partial charge is 0.293 e. The van der Waals surface area contributed by atoms with Crippen LogP contribution < -0.4 is 10.6 Å². The van der Waals surface area contributed by atoms with Crippen LogP contribution in [0.5, 0.6) is 0 Å². The first-order chi connectivity index (χ1) is 11.6. The lowest BCUT2D eigenvalue weighted by Crippen LogP contribution is -2.15. The van der Waals surface area contributed by atoms with Gasteiger partial charge in [0.15, 0.2) is 10.9 Å². The number of carbonyl (C=O) groups is 2. The summed E-state index contributed by atoms with van der Waals surface area (Å²) in [5.41, 5.74) is 0.590. The molecular formula is C16H12FN3O3S. The maximum Gasteiger partial charge on any atom is 0.293 e. The first-order valence-corrected chi connectivity index (χ1v) is 7.83. The average molecular weight is 345 g/mol. The number of para-hydroxylation sites is 1. The fourth-order valence-electron chi connectivity index (χ4n) is 1.93. The first-order valence-electron chi connectivity index (χ1n) is 6.95. The average Bonchev–Trinajstić information content (AvgIpc) is 3.21. The van der Waals surface area contributed by atoms with Gasteiger partial charge < -0.3 is 9.73 Å². The lowest BCUT2D eigenvalue weighted by Gasteiger charge is -2.04. The Bertz CT molecular complexity index is 861. The van der Waals surface area contributed by atoms with Gasteiger partial charge in [0.05, 0.1) is 24.1 Å². The summed E-state index contributed by atoms with van der Waals surface area (Å²) < 4.78 is 18.5. The molecule has 2 heterocycles. The van der Waals surface area contributed by atoms with Gasteiger partial charge >= 0.3 is 0 Å². The number of aromatic nitrogens is 1. The standard InChI is InChI=1S/C16H12FN3O3S/c17-11-4-1-2-5-12(11)19-14(21)8-10-9-24-16(18-10)20-15(22)13-6-3-7-23-13/h1-7,9H,8H2,(H,19,21)(H,18,20,22). The van der Waals surface area contributed by atoms with Crippen molar-refractivity contribution in [1.82, 2.24) is 4.98 Å². The minimum Gasteiger partial charge on any atom is -0.459 e. The molecular weight excluding hydrogens is 333 g/mol. The molecule has 0 aliphatic rings. The van der Waals surface area contributed by atoms with Gasteiger partial charge in [-0.25, -0.2) is 9.37 Å². The molecule has 0 unspecified atom stereocenters. The van der Waals surface area contributed by atoms with Crippen molar-refractivity contribution in [3.05, 3.63) is 65.3 Å². The Kier molecular flexibility index (Phi) is 4.66. The normalized spacial score (nSPS) is 10.4. The van der Waals surface area contributed by atoms with Gasteiger partial charge in [-0.3, -0.25) is 14.9 Å². The van der Waals surface area contributed by atoms with Crippen molar-refractivity contribution in [2.45, 2.75) is 6.42 Å². The van der Waals surface area contributed by atoms with E-state index in [-0.39, 0.29) is 17.9 Å². The summed E-state index contributed by atoms with van der Waals surface area (Å²) in [7, 11) is 0. The largest absolute Gasteiger partial charge is 0.459 e. The third kappa shape index (κ3) is 3.85. The SMILES string of the molecule is O=C(Cc1csc(NC(=O)c2ccco2)n1)Nc1ccccc1F. The molecule has 122 valence electrons. The van der Waals surface area contributed by atoms with E-state index in [0.29, 0.717) is 10.8 Å². The van der Waals surface area contributed by atoms with Gasteiger partial charge in [0.1, 0.15) is 5.82 Å². The molecule has 3 aromatic rings. The van der Waals surface area contributed by atoms with Crippen molar-refractivity contribution in [1.29, 1.82) is 0 Å². The van der Waals surface area contributed by atoms with Crippen LogP contribution in [0.3, 0.4) is 0 Å². The number of amides is 2. The molecule has 2 aromatic heterocycles. The molecule has 0 aliphatic carbocycles. The fraction of sp³-hybridized carbons (Fsp3) is 0.0625. The van der Waals surface area contributed by atoms with Gasteiger partial charge in [0.2, 0.25) is 5.91 Å². The van der Waals surface area contributed by atoms with Gasteiger partial charge in [-0.2, -0.15) is 0 Å². The molecule has 0 fully saturated rings. The number of benzene rings is 1. The predicted octanol–water partition coefficient (Wildman–Crippen LogP) is 3.31. The molecule has 0 aliphatic heterocycles. The number of halogens is 1. The van der Waals surface area contributed by atoms with E-state index in [1.165, 1.54) is 35.8 Å². The van der Waals surface area contributed by atoms with Gasteiger partial charge in [-0.15, -0.1) is 11.3 Å². The summed E-state index contributed by atoms with van der Waals surface area (Å²) in [6, 6.07) is 9.05. The quantitative estimate of drug-likeness (QED) is 0.743. The number of thiazole rings is 1. The molecule has 0 radical (unpaired) electrons. The zero-order chi connectivity index (χ0) is 16.9. The zero-order valence-electron chi connectivity index (χ0n) is 12.3. The van der Waals surface area contributed by atoms with Crippen LogP contribution in [0.4, 0.5) is 15.2 Å². The highest BCUT2D eigenvalue weighted by atomic mass is 32.1. The molecule has 0 bridgehead atoms. The first kappa shape index (κ1) is 15.9. The second kappa shape index (κ2) is 7.05. The van der Waals surface area contributed by atoms with E-state index in [1.807, 2.05) is 0 Å². The molecule has 0 atom stereocenters. The Morgan fingerprint density at radius 2 is 2.00 bits per heavy atom. The number of nitrogens with one attached hydrogen (secondary N) is 2. The van der Waals surface area contributed by atoms with E-state index in [2.05, 4.69) is 15.6 Å². The highest BCUT2D eigenvalue weighted by Gasteiger charge is 2.13. The van der Waals surface area contributed by atoms with Crippen LogP contribution in [0.15, 0.2) is 52.5 Å². The summed E-state index contributed by atoms with van der Waals surface area (Å²) in [6.45, 7) is 0. The van der Waals surface area contributed by atoms with Crippen LogP contribution in [0.1, 0.15) is 16.2 Å². The number of anilines is 2. The molecule has 24 heavy (non-hydrogen) atoms. The van der Waals surface area contributed by atoms with E-state index in [4.69, 9.17) is 4.42 Å². The van der Waals surface area contributed by atoms with Crippen LogP contribution in [0.25, 0.3) is 0 Å². The predicted molar refractivity (Wildman–Crippen MR) is 87.5 cm³/mol. The maximum absolute atomic E-state index is 13.5. The van der Waals surface area contributed by atoms with Crippen molar-refractivity contribution >= 4 is 34.0 Å². The topological polar surface area (TPSA) is 84.2 Å². The number of hydrogen-bond acceptors (Lipinski definition) is 5. The Hall–Kier alpha value is -3.00. The monoisotopic (exact) mass is 345 g/mol. The van der Waals surface area contributed by atoms with Crippen molar-refractivity contribution < 1.29 is 18.4 Å². The molecule has 6 nitrogen and oxygen atoms in total. The lowest BCUT2D eigenvalue weighted by molar-refractivity contribution is -0.115. The van der Waals surface area contributed by atoms with Crippen LogP contribution >= 0.6 is 11.3 Å². The number of rotatable bonds is 5. The highest BCUT2D eigenvalue weighted by Crippen LogP contribution is 2.18. The zero-order valence-corrected chi connectivity index (χ0v) is 13.1. The van der Waals surface area contributed by atoms with E-state index in [9.17, 15) is 14.0 Å². The van der Waals surface area contributed by atoms with Crippen molar-refractivity contribution in [3.63, 3.8) is 0 Å². The summed E-state index contributed by atoms with van der Waals surface area (Å²) in [4.78, 5) is 27.9. The minimum atomic E-state index is -0.504. The minimum absolute atomic E-state index is 0.0263. The van der Waals surface area contributed by atoms with Crippen molar-refractivity contribution in [2.75, 3.05) is 10.6 Å². The third-order valence-corrected chi connectivity index (χ3v) is 3.81. The summed E-state index contributed by atoms with van der Waals surface area (Å²) in [6.07, 6.45) is 1.37. The fourth-order valence-corrected chi connectivity index (χ4v) is 2.64. The molecule has 2 amide bonds. The van der Waals surface area contributed by atoms with Crippen molar-refractivity contribution in [2.24, 2.45) is 0 Å². The summed E-state index contributed by atoms with van der Waals surface area (Å²) in [5.74, 6) is -1.15. The number of hydrogen-bond donors (Lipinski definition) is 2. The number of furan rings is 1. The lowest BCUT2D eigenvalue weighted by atomic mass is 10.2. The second-order valence-electron chi connectivity index (χ2n) is 4.78. The van der Waals surface area contributed by atoms with Crippen LogP contribution in [0.2, 0.25) is 0 Å². The van der Waals surface area contributed by atoms with E-state index >= 15 is 0 Å². The van der Waals surface area contributed by atoms with Crippen LogP contribution in [-0.2, 0) is 11.2 Å². The molecule has 1 aromatic carbocycles. The Morgan fingerprint density at radius 1 is 1.17 bits per heavy atom. The van der Waals surface area contributed by atoms with Crippen molar-refractivity contribution in [3.8, 4) is 0 Å².